The van der Waals surface area contributed by atoms with Gasteiger partial charge in [-0.1, -0.05) is 18.6 Å². The fourth-order valence-electron chi connectivity index (χ4n) is 3.70. The van der Waals surface area contributed by atoms with Crippen LogP contribution >= 0.6 is 0 Å². The number of rotatable bonds is 6. The van der Waals surface area contributed by atoms with Crippen LogP contribution in [0.5, 0.6) is 0 Å². The largest absolute Gasteiger partial charge is 0.350 e. The van der Waals surface area contributed by atoms with E-state index in [0.29, 0.717) is 17.8 Å². The summed E-state index contributed by atoms with van der Waals surface area (Å²) in [5, 5.41) is 2.93. The Morgan fingerprint density at radius 1 is 1.19 bits per heavy atom. The number of nitrogens with one attached hydrogen (secondary N) is 1. The summed E-state index contributed by atoms with van der Waals surface area (Å²) in [6, 6.07) is 3.31. The number of carbonyl (C=O) groups excluding carboxylic acids is 2. The number of pyridine rings is 1. The molecule has 6 nitrogen and oxygen atoms in total. The molecule has 6 heteroatoms. The Kier molecular flexibility index (Phi) is 6.98. The maximum Gasteiger partial charge on any atom is 0.269 e. The third kappa shape index (κ3) is 5.39. The Bertz CT molecular complexity index is 693. The molecule has 1 N–H and O–H groups in total. The second kappa shape index (κ2) is 9.65. The van der Waals surface area contributed by atoms with E-state index in [1.165, 1.54) is 18.4 Å². The van der Waals surface area contributed by atoms with E-state index in [1.54, 1.807) is 18.3 Å². The van der Waals surface area contributed by atoms with Crippen LogP contribution in [-0.4, -0.2) is 65.9 Å². The Balaban J connectivity index is 1.53. The highest BCUT2D eigenvalue weighted by Crippen LogP contribution is 2.19. The third-order valence-electron chi connectivity index (χ3n) is 5.46. The highest BCUT2D eigenvalue weighted by atomic mass is 16.2. The molecule has 3 rings (SSSR count). The van der Waals surface area contributed by atoms with Gasteiger partial charge in [-0.2, -0.15) is 0 Å². The molecule has 1 saturated heterocycles. The van der Waals surface area contributed by atoms with Gasteiger partial charge in [0.05, 0.1) is 0 Å². The first-order valence-electron chi connectivity index (χ1n) is 10.1. The summed E-state index contributed by atoms with van der Waals surface area (Å²) < 4.78 is 0. The molecule has 0 saturated carbocycles. The standard InChI is InChI=1S/C21H30N4O2/c1-2-24-12-14-25(15-13-24)21(27)18-9-11-22-19(16-18)20(26)23-10-8-17-6-4-3-5-7-17/h6,9,11,16H,2-5,7-8,10,12-15H2,1H3,(H,23,26). The van der Waals surface area contributed by atoms with Crippen molar-refractivity contribution < 1.29 is 9.59 Å². The number of aromatic nitrogens is 1. The number of likely N-dealkylation sites (N-methyl/N-ethyl adjacent to an activating group) is 1. The van der Waals surface area contributed by atoms with Crippen molar-refractivity contribution in [1.29, 1.82) is 0 Å². The molecule has 0 spiro atoms. The van der Waals surface area contributed by atoms with Crippen molar-refractivity contribution in [3.63, 3.8) is 0 Å². The molecule has 2 heterocycles. The minimum atomic E-state index is -0.211. The molecule has 0 aromatic carbocycles. The summed E-state index contributed by atoms with van der Waals surface area (Å²) in [7, 11) is 0. The van der Waals surface area contributed by atoms with Crippen LogP contribution in [0, 0.1) is 0 Å². The second-order valence-corrected chi connectivity index (χ2v) is 7.27. The first kappa shape index (κ1) is 19.5. The molecule has 0 bridgehead atoms. The van der Waals surface area contributed by atoms with E-state index in [9.17, 15) is 9.59 Å². The zero-order chi connectivity index (χ0) is 19.1. The summed E-state index contributed by atoms with van der Waals surface area (Å²) in [5.41, 5.74) is 2.28. The lowest BCUT2D eigenvalue weighted by atomic mass is 9.97. The first-order valence-corrected chi connectivity index (χ1v) is 10.1. The average molecular weight is 370 g/mol. The Labute approximate surface area is 161 Å². The van der Waals surface area contributed by atoms with Crippen LogP contribution < -0.4 is 5.32 Å². The molecular weight excluding hydrogens is 340 g/mol. The topological polar surface area (TPSA) is 65.5 Å². The molecule has 0 atom stereocenters. The quantitative estimate of drug-likeness (QED) is 0.782. The number of hydrogen-bond acceptors (Lipinski definition) is 4. The van der Waals surface area contributed by atoms with E-state index in [0.717, 1.165) is 52.0 Å². The van der Waals surface area contributed by atoms with Gasteiger partial charge in [0.15, 0.2) is 0 Å². The molecule has 1 aromatic heterocycles. The van der Waals surface area contributed by atoms with Crippen molar-refractivity contribution in [1.82, 2.24) is 20.1 Å². The van der Waals surface area contributed by atoms with Crippen LogP contribution in [0.15, 0.2) is 30.0 Å². The van der Waals surface area contributed by atoms with E-state index >= 15 is 0 Å². The van der Waals surface area contributed by atoms with Gasteiger partial charge >= 0.3 is 0 Å². The number of allylic oxidation sites excluding steroid dienone is 1. The van der Waals surface area contributed by atoms with E-state index in [-0.39, 0.29) is 11.8 Å². The van der Waals surface area contributed by atoms with Gasteiger partial charge < -0.3 is 15.1 Å². The van der Waals surface area contributed by atoms with Gasteiger partial charge in [0.25, 0.3) is 11.8 Å². The summed E-state index contributed by atoms with van der Waals surface area (Å²) >= 11 is 0. The van der Waals surface area contributed by atoms with Crippen LogP contribution in [0.1, 0.15) is 59.9 Å². The molecule has 146 valence electrons. The van der Waals surface area contributed by atoms with Crippen molar-refractivity contribution in [3.8, 4) is 0 Å². The Morgan fingerprint density at radius 2 is 2.00 bits per heavy atom. The number of amides is 2. The molecule has 1 aliphatic carbocycles. The number of piperazine rings is 1. The van der Waals surface area contributed by atoms with E-state index in [4.69, 9.17) is 0 Å². The van der Waals surface area contributed by atoms with Gasteiger partial charge in [0.2, 0.25) is 0 Å². The van der Waals surface area contributed by atoms with Gasteiger partial charge in [-0.05, 0) is 50.8 Å². The van der Waals surface area contributed by atoms with Crippen LogP contribution in [0.3, 0.4) is 0 Å². The highest BCUT2D eigenvalue weighted by molar-refractivity contribution is 5.98. The second-order valence-electron chi connectivity index (χ2n) is 7.27. The molecule has 2 amide bonds. The van der Waals surface area contributed by atoms with Gasteiger partial charge in [0, 0.05) is 44.5 Å². The van der Waals surface area contributed by atoms with Crippen molar-refractivity contribution >= 4 is 11.8 Å². The van der Waals surface area contributed by atoms with Crippen LogP contribution in [0.4, 0.5) is 0 Å². The average Bonchev–Trinajstić information content (AvgIpc) is 2.74. The normalized spacial score (nSPS) is 18.1. The summed E-state index contributed by atoms with van der Waals surface area (Å²) in [4.78, 5) is 33.5. The molecular formula is C21H30N4O2. The maximum absolute atomic E-state index is 12.7. The predicted octanol–water partition coefficient (Wildman–Crippen LogP) is 2.48. The van der Waals surface area contributed by atoms with Crippen molar-refractivity contribution in [2.75, 3.05) is 39.3 Å². The summed E-state index contributed by atoms with van der Waals surface area (Å²) in [5.74, 6) is -0.230. The number of carbonyl (C=O) groups is 2. The van der Waals surface area contributed by atoms with Gasteiger partial charge in [-0.3, -0.25) is 14.6 Å². The third-order valence-corrected chi connectivity index (χ3v) is 5.46. The minimum Gasteiger partial charge on any atom is -0.350 e. The van der Waals surface area contributed by atoms with Crippen molar-refractivity contribution in [3.05, 3.63) is 41.2 Å². The van der Waals surface area contributed by atoms with Crippen molar-refractivity contribution in [2.45, 2.75) is 39.0 Å². The maximum atomic E-state index is 12.7. The molecule has 1 aliphatic heterocycles. The van der Waals surface area contributed by atoms with Gasteiger partial charge in [-0.15, -0.1) is 0 Å². The summed E-state index contributed by atoms with van der Waals surface area (Å²) in [6.07, 6.45) is 9.56. The van der Waals surface area contributed by atoms with Crippen molar-refractivity contribution in [2.24, 2.45) is 0 Å². The molecule has 2 aliphatic rings. The summed E-state index contributed by atoms with van der Waals surface area (Å²) in [6.45, 7) is 7.02. The Morgan fingerprint density at radius 3 is 2.70 bits per heavy atom. The lowest BCUT2D eigenvalue weighted by Gasteiger charge is -2.34. The zero-order valence-electron chi connectivity index (χ0n) is 16.2. The highest BCUT2D eigenvalue weighted by Gasteiger charge is 2.22. The van der Waals surface area contributed by atoms with Crippen LogP contribution in [0.25, 0.3) is 0 Å². The number of hydrogen-bond donors (Lipinski definition) is 1. The van der Waals surface area contributed by atoms with E-state index in [2.05, 4.69) is 28.2 Å². The molecule has 1 aromatic rings. The van der Waals surface area contributed by atoms with E-state index in [1.807, 2.05) is 4.90 Å². The SMILES string of the molecule is CCN1CCN(C(=O)c2ccnc(C(=O)NCCC3=CCCCC3)c2)CC1. The minimum absolute atomic E-state index is 0.0189. The fraction of sp³-hybridized carbons (Fsp3) is 0.571. The lowest BCUT2D eigenvalue weighted by molar-refractivity contribution is 0.0643. The fourth-order valence-corrected chi connectivity index (χ4v) is 3.70. The van der Waals surface area contributed by atoms with Crippen LogP contribution in [0.2, 0.25) is 0 Å². The zero-order valence-corrected chi connectivity index (χ0v) is 16.2. The smallest absolute Gasteiger partial charge is 0.269 e. The number of nitrogens with zero attached hydrogens (tertiary/aromatic N) is 3. The molecule has 27 heavy (non-hydrogen) atoms. The predicted molar refractivity (Wildman–Crippen MR) is 106 cm³/mol. The Hall–Kier alpha value is -2.21. The van der Waals surface area contributed by atoms with Gasteiger partial charge in [-0.25, -0.2) is 0 Å². The molecule has 0 radical (unpaired) electrons. The lowest BCUT2D eigenvalue weighted by Crippen LogP contribution is -2.48. The van der Waals surface area contributed by atoms with Crippen LogP contribution in [-0.2, 0) is 0 Å². The molecule has 1 fully saturated rings. The molecule has 0 unspecified atom stereocenters. The van der Waals surface area contributed by atoms with Gasteiger partial charge in [0.1, 0.15) is 5.69 Å². The monoisotopic (exact) mass is 370 g/mol. The first-order chi connectivity index (χ1) is 13.2. The van der Waals surface area contributed by atoms with E-state index < -0.39 is 0 Å².